The number of hydrogen-bond acceptors (Lipinski definition) is 2. The molecule has 0 spiro atoms. The Balaban J connectivity index is 3.07. The van der Waals surface area contributed by atoms with Gasteiger partial charge in [-0.15, -0.1) is 0 Å². The van der Waals surface area contributed by atoms with Crippen molar-refractivity contribution in [3.63, 3.8) is 0 Å². The van der Waals surface area contributed by atoms with Crippen LogP contribution in [0.25, 0.3) is 0 Å². The number of nitrogens with zero attached hydrogens (tertiary/aromatic N) is 1. The second-order valence-electron chi connectivity index (χ2n) is 1.45. The van der Waals surface area contributed by atoms with Crippen molar-refractivity contribution in [3.8, 4) is 0 Å². The van der Waals surface area contributed by atoms with Crippen molar-refractivity contribution in [1.29, 1.82) is 0 Å². The minimum atomic E-state index is -0.536. The smallest absolute Gasteiger partial charge is 0.258 e. The van der Waals surface area contributed by atoms with E-state index in [9.17, 15) is 10.1 Å². The number of benzene rings is 1. The molecule has 0 amide bonds. The van der Waals surface area contributed by atoms with Gasteiger partial charge in [-0.3, -0.25) is 10.1 Å². The molecular weight excluding hydrogens is 118 g/mol. The minimum Gasteiger partial charge on any atom is -0.258 e. The van der Waals surface area contributed by atoms with Crippen molar-refractivity contribution in [3.05, 3.63) is 40.4 Å². The zero-order valence-corrected chi connectivity index (χ0v) is 4.50. The Morgan fingerprint density at radius 2 is 2.56 bits per heavy atom. The van der Waals surface area contributed by atoms with E-state index in [1.807, 2.05) is 0 Å². The average molecular weight is 123 g/mol. The molecule has 0 fully saturated rings. The molecule has 0 N–H and O–H groups in total. The van der Waals surface area contributed by atoms with Crippen LogP contribution < -0.4 is 0 Å². The molecule has 0 aromatic heterocycles. The fraction of sp³-hybridized carbons (Fsp3) is 0. The van der Waals surface area contributed by atoms with Gasteiger partial charge in [0.05, 0.1) is 6.29 Å². The molecule has 1 radical (unpaired) electrons. The highest BCUT2D eigenvalue weighted by atomic mass is 16.6. The van der Waals surface area contributed by atoms with E-state index in [2.05, 4.69) is 6.07 Å². The fourth-order valence-electron chi connectivity index (χ4n) is 0.452. The Bertz CT molecular complexity index is 262. The third kappa shape index (κ3) is 1.25. The first kappa shape index (κ1) is 4.49. The summed E-state index contributed by atoms with van der Waals surface area (Å²) in [5.41, 5.74) is -0.0660. The first-order chi connectivity index (χ1) is 4.70. The summed E-state index contributed by atoms with van der Waals surface area (Å²) in [5.74, 6) is 0. The van der Waals surface area contributed by atoms with Crippen LogP contribution in [0.5, 0.6) is 0 Å². The summed E-state index contributed by atoms with van der Waals surface area (Å²) in [6.07, 6.45) is 0. The molecule has 0 saturated heterocycles. The lowest BCUT2D eigenvalue weighted by Crippen LogP contribution is -1.84. The summed E-state index contributed by atoms with van der Waals surface area (Å²) < 4.78 is 6.97. The number of nitro groups is 1. The number of non-ortho nitro benzene ring substituents is 1. The van der Waals surface area contributed by atoms with E-state index in [1.165, 1.54) is 12.1 Å². The molecule has 0 aliphatic heterocycles. The molecule has 1 aromatic carbocycles. The molecule has 0 saturated carbocycles. The van der Waals surface area contributed by atoms with Gasteiger partial charge < -0.3 is 0 Å². The number of nitro benzene ring substituents is 1. The van der Waals surface area contributed by atoms with E-state index >= 15 is 0 Å². The zero-order valence-electron chi connectivity index (χ0n) is 5.50. The lowest BCUT2D eigenvalue weighted by molar-refractivity contribution is -0.384. The van der Waals surface area contributed by atoms with Crippen LogP contribution in [-0.4, -0.2) is 4.92 Å². The topological polar surface area (TPSA) is 43.1 Å². The quantitative estimate of drug-likeness (QED) is 0.418. The van der Waals surface area contributed by atoms with Crippen molar-refractivity contribution >= 4 is 5.69 Å². The van der Waals surface area contributed by atoms with E-state index < -0.39 is 4.92 Å². The standard InChI is InChI=1S/C6H4NO2/c8-7(9)6-4-2-1-3-5-6/h2-5H/i2D. The highest BCUT2D eigenvalue weighted by Crippen LogP contribution is 2.06. The van der Waals surface area contributed by atoms with E-state index in [1.54, 1.807) is 0 Å². The first-order valence-electron chi connectivity index (χ1n) is 2.83. The Kier molecular flexibility index (Phi) is 1.13. The van der Waals surface area contributed by atoms with Gasteiger partial charge in [0, 0.05) is 12.1 Å². The van der Waals surface area contributed by atoms with Gasteiger partial charge in [0.1, 0.15) is 0 Å². The van der Waals surface area contributed by atoms with Crippen LogP contribution in [0.15, 0.2) is 24.2 Å². The van der Waals surface area contributed by atoms with E-state index in [-0.39, 0.29) is 11.7 Å². The number of rotatable bonds is 1. The van der Waals surface area contributed by atoms with Gasteiger partial charge in [-0.25, -0.2) is 0 Å². The summed E-state index contributed by atoms with van der Waals surface area (Å²) in [4.78, 5) is 9.53. The molecule has 45 valence electrons. The SMILES string of the molecule is [2H]c1[c]ccc([N+](=O)[O-])c1. The molecule has 0 unspecified atom stereocenters. The van der Waals surface area contributed by atoms with Crippen molar-refractivity contribution in [2.24, 2.45) is 0 Å². The molecule has 3 nitrogen and oxygen atoms in total. The summed E-state index contributed by atoms with van der Waals surface area (Å²) in [5, 5.41) is 10.1. The lowest BCUT2D eigenvalue weighted by Gasteiger charge is -1.84. The third-order valence-electron chi connectivity index (χ3n) is 0.852. The highest BCUT2D eigenvalue weighted by molar-refractivity contribution is 5.27. The predicted molar refractivity (Wildman–Crippen MR) is 31.9 cm³/mol. The van der Waals surface area contributed by atoms with Crippen molar-refractivity contribution in [2.45, 2.75) is 0 Å². The monoisotopic (exact) mass is 123 g/mol. The Labute approximate surface area is 53.5 Å². The lowest BCUT2D eigenvalue weighted by atomic mass is 10.3. The Morgan fingerprint density at radius 1 is 1.78 bits per heavy atom. The van der Waals surface area contributed by atoms with Crippen LogP contribution in [0.3, 0.4) is 0 Å². The Hall–Kier alpha value is -1.38. The molecule has 0 bridgehead atoms. The van der Waals surface area contributed by atoms with Crippen molar-refractivity contribution in [2.75, 3.05) is 0 Å². The molecule has 1 aromatic rings. The predicted octanol–water partition coefficient (Wildman–Crippen LogP) is 1.39. The van der Waals surface area contributed by atoms with Gasteiger partial charge in [-0.1, -0.05) is 0 Å². The molecule has 0 aliphatic rings. The van der Waals surface area contributed by atoms with Gasteiger partial charge in [-0.05, 0) is 18.2 Å². The molecule has 0 aliphatic carbocycles. The first-order valence-corrected chi connectivity index (χ1v) is 2.33. The summed E-state index contributed by atoms with van der Waals surface area (Å²) in [6, 6.07) is 6.34. The van der Waals surface area contributed by atoms with Crippen LogP contribution in [0.2, 0.25) is 0 Å². The van der Waals surface area contributed by atoms with E-state index in [0.717, 1.165) is 6.07 Å². The maximum absolute atomic E-state index is 10.1. The largest absolute Gasteiger partial charge is 0.269 e. The second-order valence-corrected chi connectivity index (χ2v) is 1.45. The normalized spacial score (nSPS) is 10.4. The maximum Gasteiger partial charge on any atom is 0.269 e. The second kappa shape index (κ2) is 2.26. The van der Waals surface area contributed by atoms with Gasteiger partial charge in [0.25, 0.3) is 5.69 Å². The van der Waals surface area contributed by atoms with Crippen LogP contribution in [-0.2, 0) is 0 Å². The summed E-state index contributed by atoms with van der Waals surface area (Å²) >= 11 is 0. The Morgan fingerprint density at radius 3 is 3.00 bits per heavy atom. The molecule has 9 heavy (non-hydrogen) atoms. The molecule has 0 heterocycles. The molecule has 3 heteroatoms. The third-order valence-corrected chi connectivity index (χ3v) is 0.852. The van der Waals surface area contributed by atoms with Gasteiger partial charge >= 0.3 is 0 Å². The van der Waals surface area contributed by atoms with Crippen LogP contribution in [0.4, 0.5) is 5.69 Å². The van der Waals surface area contributed by atoms with Crippen LogP contribution >= 0.6 is 0 Å². The summed E-state index contributed by atoms with van der Waals surface area (Å²) in [7, 11) is 0. The van der Waals surface area contributed by atoms with Gasteiger partial charge in [0.2, 0.25) is 0 Å². The summed E-state index contributed by atoms with van der Waals surface area (Å²) in [6.45, 7) is 0. The molecule has 0 atom stereocenters. The maximum atomic E-state index is 10.1. The van der Waals surface area contributed by atoms with Crippen LogP contribution in [0, 0.1) is 16.2 Å². The van der Waals surface area contributed by atoms with Crippen molar-refractivity contribution in [1.82, 2.24) is 0 Å². The molecule has 1 rings (SSSR count). The van der Waals surface area contributed by atoms with Gasteiger partial charge in [-0.2, -0.15) is 0 Å². The van der Waals surface area contributed by atoms with Crippen molar-refractivity contribution < 1.29 is 6.29 Å². The number of hydrogen-bond donors (Lipinski definition) is 0. The van der Waals surface area contributed by atoms with E-state index in [0.29, 0.717) is 0 Å². The van der Waals surface area contributed by atoms with E-state index in [4.69, 9.17) is 1.37 Å². The molecular formula is C6H4NO2. The average Bonchev–Trinajstić information content (AvgIpc) is 1.88. The highest BCUT2D eigenvalue weighted by Gasteiger charge is 1.98. The van der Waals surface area contributed by atoms with Gasteiger partial charge in [0.15, 0.2) is 0 Å². The fourth-order valence-corrected chi connectivity index (χ4v) is 0.452. The van der Waals surface area contributed by atoms with Crippen LogP contribution in [0.1, 0.15) is 1.37 Å². The zero-order chi connectivity index (χ0) is 7.56. The minimum absolute atomic E-state index is 0.0363.